The summed E-state index contributed by atoms with van der Waals surface area (Å²) >= 11 is 0. The van der Waals surface area contributed by atoms with Crippen molar-refractivity contribution in [3.63, 3.8) is 0 Å². The molecule has 1 fully saturated rings. The SMILES string of the molecule is CCCCCCNC(=O)N1CCN(Cc2ccccc2)C(=O)[C@@H]1C. The van der Waals surface area contributed by atoms with Crippen LogP contribution in [0.15, 0.2) is 30.3 Å². The van der Waals surface area contributed by atoms with Crippen LogP contribution in [0.5, 0.6) is 0 Å². The van der Waals surface area contributed by atoms with E-state index in [4.69, 9.17) is 0 Å². The predicted molar refractivity (Wildman–Crippen MR) is 95.6 cm³/mol. The van der Waals surface area contributed by atoms with Crippen LogP contribution in [0.25, 0.3) is 0 Å². The van der Waals surface area contributed by atoms with Crippen LogP contribution >= 0.6 is 0 Å². The van der Waals surface area contributed by atoms with Gasteiger partial charge in [-0.25, -0.2) is 4.79 Å². The monoisotopic (exact) mass is 331 g/mol. The Kier molecular flexibility index (Phi) is 7.09. The van der Waals surface area contributed by atoms with Crippen molar-refractivity contribution in [3.05, 3.63) is 35.9 Å². The van der Waals surface area contributed by atoms with E-state index in [-0.39, 0.29) is 11.9 Å². The summed E-state index contributed by atoms with van der Waals surface area (Å²) in [4.78, 5) is 28.4. The molecule has 2 rings (SSSR count). The number of nitrogens with zero attached hydrogens (tertiary/aromatic N) is 2. The Morgan fingerprint density at radius 1 is 1.17 bits per heavy atom. The van der Waals surface area contributed by atoms with E-state index >= 15 is 0 Å². The molecule has 0 aromatic heterocycles. The van der Waals surface area contributed by atoms with Gasteiger partial charge in [0, 0.05) is 26.2 Å². The Bertz CT molecular complexity index is 533. The predicted octanol–water partition coefficient (Wildman–Crippen LogP) is 3.01. The van der Waals surface area contributed by atoms with Crippen LogP contribution < -0.4 is 5.32 Å². The van der Waals surface area contributed by atoms with Gasteiger partial charge >= 0.3 is 6.03 Å². The molecule has 1 aliphatic heterocycles. The highest BCUT2D eigenvalue weighted by Crippen LogP contribution is 2.14. The second-order valence-electron chi connectivity index (χ2n) is 6.41. The first-order valence-electron chi connectivity index (χ1n) is 9.00. The molecule has 1 aromatic carbocycles. The van der Waals surface area contributed by atoms with Crippen LogP contribution in [-0.2, 0) is 11.3 Å². The summed E-state index contributed by atoms with van der Waals surface area (Å²) in [5.74, 6) is 0.0197. The van der Waals surface area contributed by atoms with Gasteiger partial charge in [-0.15, -0.1) is 0 Å². The maximum atomic E-state index is 12.6. The minimum atomic E-state index is -0.405. The Labute approximate surface area is 145 Å². The molecule has 5 nitrogen and oxygen atoms in total. The van der Waals surface area contributed by atoms with E-state index < -0.39 is 6.04 Å². The van der Waals surface area contributed by atoms with Crippen LogP contribution in [-0.4, -0.2) is 47.4 Å². The van der Waals surface area contributed by atoms with Crippen molar-refractivity contribution in [2.24, 2.45) is 0 Å². The summed E-state index contributed by atoms with van der Waals surface area (Å²) < 4.78 is 0. The molecule has 132 valence electrons. The molecule has 0 spiro atoms. The van der Waals surface area contributed by atoms with Crippen molar-refractivity contribution in [3.8, 4) is 0 Å². The molecule has 1 aliphatic rings. The maximum Gasteiger partial charge on any atom is 0.318 e. The molecule has 1 atom stereocenters. The smallest absolute Gasteiger partial charge is 0.318 e. The second-order valence-corrected chi connectivity index (χ2v) is 6.41. The quantitative estimate of drug-likeness (QED) is 0.781. The summed E-state index contributed by atoms with van der Waals surface area (Å²) in [7, 11) is 0. The summed E-state index contributed by atoms with van der Waals surface area (Å²) in [6.45, 7) is 6.44. The first kappa shape index (κ1) is 18.3. The molecule has 3 amide bonds. The van der Waals surface area contributed by atoms with Gasteiger partial charge < -0.3 is 15.1 Å². The van der Waals surface area contributed by atoms with Crippen molar-refractivity contribution >= 4 is 11.9 Å². The van der Waals surface area contributed by atoms with Crippen LogP contribution in [0.2, 0.25) is 0 Å². The van der Waals surface area contributed by atoms with Gasteiger partial charge in [-0.1, -0.05) is 56.5 Å². The van der Waals surface area contributed by atoms with Crippen molar-refractivity contribution in [2.75, 3.05) is 19.6 Å². The first-order valence-corrected chi connectivity index (χ1v) is 9.00. The normalized spacial score (nSPS) is 17.9. The Hall–Kier alpha value is -2.04. The largest absolute Gasteiger partial charge is 0.338 e. The highest BCUT2D eigenvalue weighted by molar-refractivity contribution is 5.88. The van der Waals surface area contributed by atoms with Crippen LogP contribution in [0, 0.1) is 0 Å². The van der Waals surface area contributed by atoms with E-state index in [0.29, 0.717) is 26.2 Å². The van der Waals surface area contributed by atoms with Crippen LogP contribution in [0.3, 0.4) is 0 Å². The number of carbonyl (C=O) groups excluding carboxylic acids is 2. The lowest BCUT2D eigenvalue weighted by atomic mass is 10.1. The third-order valence-corrected chi connectivity index (χ3v) is 4.53. The van der Waals surface area contributed by atoms with E-state index in [1.54, 1.807) is 4.90 Å². The van der Waals surface area contributed by atoms with E-state index in [9.17, 15) is 9.59 Å². The number of unbranched alkanes of at least 4 members (excludes halogenated alkanes) is 3. The topological polar surface area (TPSA) is 52.7 Å². The molecule has 0 bridgehead atoms. The summed E-state index contributed by atoms with van der Waals surface area (Å²) in [5, 5.41) is 2.94. The number of piperazine rings is 1. The molecule has 0 saturated carbocycles. The van der Waals surface area contributed by atoms with Crippen molar-refractivity contribution < 1.29 is 9.59 Å². The average Bonchev–Trinajstić information content (AvgIpc) is 2.60. The molecule has 0 unspecified atom stereocenters. The Morgan fingerprint density at radius 2 is 1.92 bits per heavy atom. The van der Waals surface area contributed by atoms with E-state index in [0.717, 1.165) is 18.4 Å². The number of benzene rings is 1. The fraction of sp³-hybridized carbons (Fsp3) is 0.579. The molecule has 5 heteroatoms. The molecule has 1 N–H and O–H groups in total. The lowest BCUT2D eigenvalue weighted by molar-refractivity contribution is -0.139. The number of amides is 3. The molecule has 0 aliphatic carbocycles. The number of urea groups is 1. The maximum absolute atomic E-state index is 12.6. The molecular weight excluding hydrogens is 302 g/mol. The number of rotatable bonds is 7. The van der Waals surface area contributed by atoms with Crippen LogP contribution in [0.1, 0.15) is 45.1 Å². The van der Waals surface area contributed by atoms with E-state index in [2.05, 4.69) is 12.2 Å². The van der Waals surface area contributed by atoms with Crippen molar-refractivity contribution in [2.45, 2.75) is 52.1 Å². The van der Waals surface area contributed by atoms with E-state index in [1.807, 2.05) is 42.2 Å². The minimum absolute atomic E-state index is 0.0197. The zero-order valence-corrected chi connectivity index (χ0v) is 14.8. The van der Waals surface area contributed by atoms with Crippen LogP contribution in [0.4, 0.5) is 4.79 Å². The zero-order valence-electron chi connectivity index (χ0n) is 14.8. The lowest BCUT2D eigenvalue weighted by Crippen LogP contribution is -2.59. The highest BCUT2D eigenvalue weighted by atomic mass is 16.2. The highest BCUT2D eigenvalue weighted by Gasteiger charge is 2.34. The standard InChI is InChI=1S/C19H29N3O2/c1-3-4-5-9-12-20-19(24)22-14-13-21(18(23)16(22)2)15-17-10-7-6-8-11-17/h6-8,10-11,16H,3-5,9,12-15H2,1-2H3,(H,20,24)/t16-/m0/s1. The fourth-order valence-corrected chi connectivity index (χ4v) is 3.02. The van der Waals surface area contributed by atoms with Gasteiger partial charge in [0.2, 0.25) is 5.91 Å². The third kappa shape index (κ3) is 4.98. The van der Waals surface area contributed by atoms with Gasteiger partial charge in [-0.2, -0.15) is 0 Å². The molecule has 24 heavy (non-hydrogen) atoms. The summed E-state index contributed by atoms with van der Waals surface area (Å²) in [5.41, 5.74) is 1.12. The molecular formula is C19H29N3O2. The molecule has 1 aromatic rings. The number of hydrogen-bond acceptors (Lipinski definition) is 2. The summed E-state index contributed by atoms with van der Waals surface area (Å²) in [6.07, 6.45) is 4.51. The zero-order chi connectivity index (χ0) is 17.4. The third-order valence-electron chi connectivity index (χ3n) is 4.53. The van der Waals surface area contributed by atoms with E-state index in [1.165, 1.54) is 12.8 Å². The average molecular weight is 331 g/mol. The first-order chi connectivity index (χ1) is 11.6. The fourth-order valence-electron chi connectivity index (χ4n) is 3.02. The molecule has 1 heterocycles. The van der Waals surface area contributed by atoms with Gasteiger partial charge in [0.1, 0.15) is 6.04 Å². The van der Waals surface area contributed by atoms with Gasteiger partial charge in [-0.05, 0) is 18.9 Å². The van der Waals surface area contributed by atoms with Crippen molar-refractivity contribution in [1.29, 1.82) is 0 Å². The van der Waals surface area contributed by atoms with Gasteiger partial charge in [0.15, 0.2) is 0 Å². The number of hydrogen-bond donors (Lipinski definition) is 1. The van der Waals surface area contributed by atoms with Gasteiger partial charge in [0.25, 0.3) is 0 Å². The van der Waals surface area contributed by atoms with Gasteiger partial charge in [0.05, 0.1) is 0 Å². The van der Waals surface area contributed by atoms with Gasteiger partial charge in [-0.3, -0.25) is 4.79 Å². The number of nitrogens with one attached hydrogen (secondary N) is 1. The second kappa shape index (κ2) is 9.30. The Morgan fingerprint density at radius 3 is 2.62 bits per heavy atom. The lowest BCUT2D eigenvalue weighted by Gasteiger charge is -2.39. The number of carbonyl (C=O) groups is 2. The minimum Gasteiger partial charge on any atom is -0.338 e. The summed E-state index contributed by atoms with van der Waals surface area (Å²) in [6, 6.07) is 9.44. The molecule has 0 radical (unpaired) electrons. The molecule has 1 saturated heterocycles. The van der Waals surface area contributed by atoms with Crippen molar-refractivity contribution in [1.82, 2.24) is 15.1 Å². The Balaban J connectivity index is 1.82.